The van der Waals surface area contributed by atoms with Crippen molar-refractivity contribution in [3.63, 3.8) is 0 Å². The number of anilines is 1. The topological polar surface area (TPSA) is 81.2 Å². The molecule has 0 aromatic carbocycles. The number of aromatic nitrogens is 2. The number of ether oxygens (including phenoxy) is 1. The van der Waals surface area contributed by atoms with E-state index in [4.69, 9.17) is 0 Å². The molecule has 0 spiro atoms. The van der Waals surface area contributed by atoms with Gasteiger partial charge in [-0.1, -0.05) is 0 Å². The van der Waals surface area contributed by atoms with Crippen LogP contribution >= 0.6 is 0 Å². The van der Waals surface area contributed by atoms with Crippen LogP contribution in [0.5, 0.6) is 0 Å². The fourth-order valence-corrected chi connectivity index (χ4v) is 1.32. The minimum atomic E-state index is -0.882. The van der Waals surface area contributed by atoms with E-state index in [2.05, 4.69) is 20.3 Å². The van der Waals surface area contributed by atoms with E-state index in [0.717, 1.165) is 0 Å². The molecular weight excluding hydrogens is 242 g/mol. The van der Waals surface area contributed by atoms with Gasteiger partial charge in [-0.15, -0.1) is 10.2 Å². The second-order valence-corrected chi connectivity index (χ2v) is 5.29. The van der Waals surface area contributed by atoms with E-state index >= 15 is 0 Å². The summed E-state index contributed by atoms with van der Waals surface area (Å²) in [6, 6.07) is 3.15. The fraction of sp³-hybridized carbons (Fsp3) is 0.500. The third-order valence-electron chi connectivity index (χ3n) is 2.20. The predicted octanol–water partition coefficient (Wildman–Crippen LogP) is 0.442. The first kappa shape index (κ1) is 13.6. The van der Waals surface area contributed by atoms with E-state index in [0.29, 0.717) is 12.4 Å². The Morgan fingerprint density at radius 3 is 2.71 bits per heavy atom. The molecule has 2 unspecified atom stereocenters. The predicted molar refractivity (Wildman–Crippen MR) is 65.4 cm³/mol. The van der Waals surface area contributed by atoms with Crippen molar-refractivity contribution < 1.29 is 13.7 Å². The molecule has 94 valence electrons. The number of carbonyl (C=O) groups excluding carboxylic acids is 1. The Labute approximate surface area is 102 Å². The Kier molecular flexibility index (Phi) is 5.02. The lowest BCUT2D eigenvalue weighted by atomic mass is 10.4. The highest BCUT2D eigenvalue weighted by Crippen LogP contribution is 2.04. The van der Waals surface area contributed by atoms with Crippen molar-refractivity contribution in [1.82, 2.24) is 10.2 Å². The molecule has 0 aliphatic rings. The summed E-state index contributed by atoms with van der Waals surface area (Å²) in [4.78, 5) is 11.1. The summed E-state index contributed by atoms with van der Waals surface area (Å²) in [7, 11) is 0.404. The number of hydrogen-bond acceptors (Lipinski definition) is 6. The molecule has 1 aromatic heterocycles. The van der Waals surface area contributed by atoms with Gasteiger partial charge in [0.15, 0.2) is 5.69 Å². The second kappa shape index (κ2) is 6.29. The highest BCUT2D eigenvalue weighted by atomic mass is 32.2. The van der Waals surface area contributed by atoms with Gasteiger partial charge in [0.05, 0.1) is 7.11 Å². The molecular formula is C10H15N3O3S. The van der Waals surface area contributed by atoms with Crippen molar-refractivity contribution in [2.45, 2.75) is 12.2 Å². The normalized spacial score (nSPS) is 13.8. The van der Waals surface area contributed by atoms with Gasteiger partial charge in [0.1, 0.15) is 5.82 Å². The molecule has 0 bridgehead atoms. The quantitative estimate of drug-likeness (QED) is 0.771. The molecule has 1 rings (SSSR count). The molecule has 0 amide bonds. The number of esters is 1. The first-order valence-electron chi connectivity index (χ1n) is 5.02. The van der Waals surface area contributed by atoms with Crippen molar-refractivity contribution in [1.29, 1.82) is 0 Å². The number of methoxy groups -OCH3 is 1. The molecule has 1 heterocycles. The van der Waals surface area contributed by atoms with Gasteiger partial charge < -0.3 is 10.1 Å². The minimum Gasteiger partial charge on any atom is -0.464 e. The molecule has 2 atom stereocenters. The highest BCUT2D eigenvalue weighted by molar-refractivity contribution is 7.84. The first-order valence-corrected chi connectivity index (χ1v) is 6.65. The molecule has 0 fully saturated rings. The van der Waals surface area contributed by atoms with Crippen LogP contribution in [0.15, 0.2) is 12.1 Å². The van der Waals surface area contributed by atoms with Crippen molar-refractivity contribution in [2.24, 2.45) is 0 Å². The van der Waals surface area contributed by atoms with Crippen LogP contribution in [-0.2, 0) is 15.5 Å². The zero-order valence-corrected chi connectivity index (χ0v) is 10.8. The lowest BCUT2D eigenvalue weighted by Gasteiger charge is -2.09. The van der Waals surface area contributed by atoms with Gasteiger partial charge in [0.25, 0.3) is 0 Å². The van der Waals surface area contributed by atoms with E-state index in [1.165, 1.54) is 13.2 Å². The van der Waals surface area contributed by atoms with Crippen LogP contribution < -0.4 is 5.32 Å². The Morgan fingerprint density at radius 2 is 2.24 bits per heavy atom. The first-order chi connectivity index (χ1) is 8.04. The molecule has 0 aliphatic carbocycles. The summed E-state index contributed by atoms with van der Waals surface area (Å²) in [5.74, 6) is 0.0158. The molecule has 1 N–H and O–H groups in total. The molecule has 1 aromatic rings. The minimum absolute atomic E-state index is 0.0251. The fourth-order valence-electron chi connectivity index (χ4n) is 1.01. The zero-order chi connectivity index (χ0) is 12.8. The Balaban J connectivity index is 2.57. The van der Waals surface area contributed by atoms with Crippen LogP contribution in [0.1, 0.15) is 17.4 Å². The van der Waals surface area contributed by atoms with E-state index in [-0.39, 0.29) is 10.9 Å². The number of nitrogens with zero attached hydrogens (tertiary/aromatic N) is 2. The van der Waals surface area contributed by atoms with Crippen molar-refractivity contribution in [2.75, 3.05) is 25.2 Å². The average Bonchev–Trinajstić information content (AvgIpc) is 2.35. The lowest BCUT2D eigenvalue weighted by Crippen LogP contribution is -2.21. The summed E-state index contributed by atoms with van der Waals surface area (Å²) in [5.41, 5.74) is 0.158. The standard InChI is InChI=1S/C10H15N3O3S/c1-7(17(3)15)6-11-9-5-4-8(12-13-9)10(14)16-2/h4-5,7H,6H2,1-3H3,(H,11,13). The van der Waals surface area contributed by atoms with Crippen molar-refractivity contribution in [3.8, 4) is 0 Å². The molecule has 17 heavy (non-hydrogen) atoms. The van der Waals surface area contributed by atoms with Crippen LogP contribution in [0.3, 0.4) is 0 Å². The molecule has 0 saturated carbocycles. The molecule has 0 aliphatic heterocycles. The van der Waals surface area contributed by atoms with Crippen LogP contribution in [-0.4, -0.2) is 45.5 Å². The van der Waals surface area contributed by atoms with Crippen molar-refractivity contribution in [3.05, 3.63) is 17.8 Å². The maximum Gasteiger partial charge on any atom is 0.358 e. The maximum absolute atomic E-state index is 11.1. The Morgan fingerprint density at radius 1 is 1.53 bits per heavy atom. The van der Waals surface area contributed by atoms with Gasteiger partial charge in [0.2, 0.25) is 0 Å². The van der Waals surface area contributed by atoms with Crippen LogP contribution in [0, 0.1) is 0 Å². The smallest absolute Gasteiger partial charge is 0.358 e. The van der Waals surface area contributed by atoms with E-state index in [1.807, 2.05) is 6.92 Å². The number of nitrogens with one attached hydrogen (secondary N) is 1. The third kappa shape index (κ3) is 4.10. The van der Waals surface area contributed by atoms with Crippen LogP contribution in [0.2, 0.25) is 0 Å². The van der Waals surface area contributed by atoms with E-state index in [1.54, 1.807) is 12.3 Å². The molecule has 7 heteroatoms. The SMILES string of the molecule is COC(=O)c1ccc(NCC(C)S(C)=O)nn1. The number of rotatable bonds is 5. The third-order valence-corrected chi connectivity index (χ3v) is 3.50. The summed E-state index contributed by atoms with van der Waals surface area (Å²) >= 11 is 0. The molecule has 6 nitrogen and oxygen atoms in total. The summed E-state index contributed by atoms with van der Waals surface area (Å²) < 4.78 is 15.6. The maximum atomic E-state index is 11.1. The second-order valence-electron chi connectivity index (χ2n) is 3.49. The summed E-state index contributed by atoms with van der Waals surface area (Å²) in [5, 5.41) is 10.5. The Hall–Kier alpha value is -1.50. The largest absolute Gasteiger partial charge is 0.464 e. The summed E-state index contributed by atoms with van der Waals surface area (Å²) in [6.07, 6.45) is 1.65. The number of carbonyl (C=O) groups is 1. The lowest BCUT2D eigenvalue weighted by molar-refractivity contribution is 0.0593. The Bertz CT molecular complexity index is 408. The van der Waals surface area contributed by atoms with Gasteiger partial charge in [-0.2, -0.15) is 0 Å². The monoisotopic (exact) mass is 257 g/mol. The van der Waals surface area contributed by atoms with Gasteiger partial charge in [-0.05, 0) is 19.1 Å². The molecule has 0 radical (unpaired) electrons. The van der Waals surface area contributed by atoms with E-state index < -0.39 is 16.8 Å². The number of hydrogen-bond donors (Lipinski definition) is 1. The van der Waals surface area contributed by atoms with Gasteiger partial charge >= 0.3 is 5.97 Å². The van der Waals surface area contributed by atoms with Crippen LogP contribution in [0.4, 0.5) is 5.82 Å². The van der Waals surface area contributed by atoms with Crippen LogP contribution in [0.25, 0.3) is 0 Å². The molecule has 0 saturated heterocycles. The zero-order valence-electron chi connectivity index (χ0n) is 9.97. The van der Waals surface area contributed by atoms with Crippen molar-refractivity contribution >= 4 is 22.6 Å². The van der Waals surface area contributed by atoms with Gasteiger partial charge in [-0.25, -0.2) is 4.79 Å². The highest BCUT2D eigenvalue weighted by Gasteiger charge is 2.09. The average molecular weight is 257 g/mol. The van der Waals surface area contributed by atoms with Gasteiger partial charge in [0, 0.05) is 28.9 Å². The van der Waals surface area contributed by atoms with E-state index in [9.17, 15) is 9.00 Å². The van der Waals surface area contributed by atoms with Gasteiger partial charge in [-0.3, -0.25) is 4.21 Å². The summed E-state index contributed by atoms with van der Waals surface area (Å²) in [6.45, 7) is 2.41.